The number of benzene rings is 1. The number of imidazole rings is 1. The van der Waals surface area contributed by atoms with E-state index < -0.39 is 5.97 Å². The first-order valence-electron chi connectivity index (χ1n) is 5.41. The Morgan fingerprint density at radius 1 is 1.21 bits per heavy atom. The molecule has 1 aromatic carbocycles. The molecule has 19 heavy (non-hydrogen) atoms. The van der Waals surface area contributed by atoms with E-state index in [1.165, 1.54) is 18.0 Å². The number of aromatic amines is 1. The van der Waals surface area contributed by atoms with Crippen molar-refractivity contribution in [2.75, 3.05) is 0 Å². The third kappa shape index (κ3) is 2.41. The van der Waals surface area contributed by atoms with Crippen LogP contribution in [0.4, 0.5) is 0 Å². The van der Waals surface area contributed by atoms with Crippen LogP contribution in [0.3, 0.4) is 0 Å². The van der Waals surface area contributed by atoms with Crippen molar-refractivity contribution in [3.8, 4) is 0 Å². The van der Waals surface area contributed by atoms with E-state index in [2.05, 4.69) is 19.9 Å². The molecular weight excluding hydrogens is 264 g/mol. The fourth-order valence-electron chi connectivity index (χ4n) is 1.54. The fourth-order valence-corrected chi connectivity index (χ4v) is 2.35. The van der Waals surface area contributed by atoms with Gasteiger partial charge >= 0.3 is 5.97 Å². The maximum atomic E-state index is 10.8. The second kappa shape index (κ2) is 4.69. The van der Waals surface area contributed by atoms with Gasteiger partial charge in [0.2, 0.25) is 5.82 Å². The number of fused-ring (bicyclic) bond motifs is 1. The van der Waals surface area contributed by atoms with E-state index in [0.29, 0.717) is 16.3 Å². The molecule has 7 heteroatoms. The molecule has 0 spiro atoms. The minimum atomic E-state index is -1.16. The summed E-state index contributed by atoms with van der Waals surface area (Å²) in [6.45, 7) is 0. The van der Waals surface area contributed by atoms with Crippen molar-refractivity contribution < 1.29 is 9.90 Å². The van der Waals surface area contributed by atoms with Crippen molar-refractivity contribution >= 4 is 28.9 Å². The summed E-state index contributed by atoms with van der Waals surface area (Å²) in [7, 11) is 0. The Labute approximate surface area is 111 Å². The molecule has 0 aliphatic heterocycles. The number of carboxylic acids is 1. The van der Waals surface area contributed by atoms with E-state index in [0.717, 1.165) is 4.90 Å². The van der Waals surface area contributed by atoms with Gasteiger partial charge in [-0.05, 0) is 12.1 Å². The summed E-state index contributed by atoms with van der Waals surface area (Å²) in [6, 6.07) is 9.74. The SMILES string of the molecule is O=C(O)c1ncc2[nH]c(Sc3ccccc3)nc2n1. The minimum Gasteiger partial charge on any atom is -0.475 e. The van der Waals surface area contributed by atoms with E-state index in [1.807, 2.05) is 30.3 Å². The summed E-state index contributed by atoms with van der Waals surface area (Å²) in [5.41, 5.74) is 0.967. The monoisotopic (exact) mass is 272 g/mol. The Morgan fingerprint density at radius 3 is 2.74 bits per heavy atom. The number of hydrogen-bond acceptors (Lipinski definition) is 5. The highest BCUT2D eigenvalue weighted by atomic mass is 32.2. The molecule has 3 rings (SSSR count). The van der Waals surface area contributed by atoms with E-state index in [4.69, 9.17) is 5.11 Å². The summed E-state index contributed by atoms with van der Waals surface area (Å²) in [5.74, 6) is -1.42. The molecule has 0 saturated heterocycles. The number of H-pyrrole nitrogens is 1. The number of carboxylic acid groups (broad SMARTS) is 1. The average Bonchev–Trinajstić information content (AvgIpc) is 2.80. The molecule has 0 fully saturated rings. The molecule has 6 nitrogen and oxygen atoms in total. The van der Waals surface area contributed by atoms with Crippen LogP contribution in [0, 0.1) is 0 Å². The number of rotatable bonds is 3. The molecule has 0 amide bonds. The number of hydrogen-bond donors (Lipinski definition) is 2. The summed E-state index contributed by atoms with van der Waals surface area (Å²) < 4.78 is 0. The standard InChI is InChI=1S/C12H8N4O2S/c17-11(18)10-13-6-8-9(15-10)16-12(14-8)19-7-4-2-1-3-5-7/h1-6H,(H,17,18)(H,13,14,15,16). The lowest BCUT2D eigenvalue weighted by Crippen LogP contribution is -2.03. The Bertz CT molecular complexity index is 742. The largest absolute Gasteiger partial charge is 0.475 e. The molecule has 2 N–H and O–H groups in total. The molecule has 2 heterocycles. The molecule has 0 atom stereocenters. The van der Waals surface area contributed by atoms with Crippen molar-refractivity contribution in [2.45, 2.75) is 10.1 Å². The quantitative estimate of drug-likeness (QED) is 0.759. The molecule has 0 bridgehead atoms. The van der Waals surface area contributed by atoms with E-state index in [-0.39, 0.29) is 5.82 Å². The summed E-state index contributed by atoms with van der Waals surface area (Å²) in [4.78, 5) is 26.7. The van der Waals surface area contributed by atoms with Crippen molar-refractivity contribution in [3.63, 3.8) is 0 Å². The van der Waals surface area contributed by atoms with Crippen molar-refractivity contribution in [3.05, 3.63) is 42.4 Å². The molecular formula is C12H8N4O2S. The molecule has 2 aromatic heterocycles. The second-order valence-corrected chi connectivity index (χ2v) is 4.76. The zero-order valence-electron chi connectivity index (χ0n) is 9.57. The van der Waals surface area contributed by atoms with Crippen LogP contribution in [-0.4, -0.2) is 31.0 Å². The van der Waals surface area contributed by atoms with E-state index in [9.17, 15) is 4.79 Å². The zero-order chi connectivity index (χ0) is 13.2. The lowest BCUT2D eigenvalue weighted by molar-refractivity contribution is 0.0684. The van der Waals surface area contributed by atoms with Crippen LogP contribution in [0.15, 0.2) is 46.6 Å². The Kier molecular flexibility index (Phi) is 2.88. The highest BCUT2D eigenvalue weighted by Gasteiger charge is 2.11. The summed E-state index contributed by atoms with van der Waals surface area (Å²) >= 11 is 1.45. The molecule has 0 aliphatic carbocycles. The number of aromatic carboxylic acids is 1. The molecule has 0 aliphatic rings. The number of aromatic nitrogens is 4. The Hall–Kier alpha value is -2.41. The Balaban J connectivity index is 1.95. The predicted octanol–water partition coefficient (Wildman–Crippen LogP) is 2.20. The van der Waals surface area contributed by atoms with Gasteiger partial charge in [-0.1, -0.05) is 30.0 Å². The maximum absolute atomic E-state index is 10.8. The van der Waals surface area contributed by atoms with Crippen LogP contribution < -0.4 is 0 Å². The first kappa shape index (κ1) is 11.7. The second-order valence-electron chi connectivity index (χ2n) is 3.69. The van der Waals surface area contributed by atoms with Crippen LogP contribution in [0.2, 0.25) is 0 Å². The molecule has 0 saturated carbocycles. The molecule has 3 aromatic rings. The third-order valence-electron chi connectivity index (χ3n) is 2.37. The summed E-state index contributed by atoms with van der Waals surface area (Å²) in [6.07, 6.45) is 1.42. The average molecular weight is 272 g/mol. The highest BCUT2D eigenvalue weighted by Crippen LogP contribution is 2.25. The van der Waals surface area contributed by atoms with Gasteiger partial charge < -0.3 is 10.1 Å². The van der Waals surface area contributed by atoms with Gasteiger partial charge in [-0.3, -0.25) is 0 Å². The van der Waals surface area contributed by atoms with Crippen molar-refractivity contribution in [1.29, 1.82) is 0 Å². The van der Waals surface area contributed by atoms with E-state index >= 15 is 0 Å². The third-order valence-corrected chi connectivity index (χ3v) is 3.26. The number of carbonyl (C=O) groups is 1. The van der Waals surface area contributed by atoms with Crippen molar-refractivity contribution in [1.82, 2.24) is 19.9 Å². The number of nitrogens with one attached hydrogen (secondary N) is 1. The fraction of sp³-hybridized carbons (Fsp3) is 0. The van der Waals surface area contributed by atoms with Crippen LogP contribution >= 0.6 is 11.8 Å². The van der Waals surface area contributed by atoms with Crippen LogP contribution in [0.25, 0.3) is 11.2 Å². The maximum Gasteiger partial charge on any atom is 0.374 e. The first-order chi connectivity index (χ1) is 9.22. The smallest absolute Gasteiger partial charge is 0.374 e. The minimum absolute atomic E-state index is 0.254. The zero-order valence-corrected chi connectivity index (χ0v) is 10.4. The van der Waals surface area contributed by atoms with Gasteiger partial charge in [0, 0.05) is 4.90 Å². The predicted molar refractivity (Wildman–Crippen MR) is 69.2 cm³/mol. The van der Waals surface area contributed by atoms with Crippen LogP contribution in [0.5, 0.6) is 0 Å². The van der Waals surface area contributed by atoms with Gasteiger partial charge in [-0.25, -0.2) is 19.7 Å². The Morgan fingerprint density at radius 2 is 2.00 bits per heavy atom. The van der Waals surface area contributed by atoms with Gasteiger partial charge in [0.15, 0.2) is 10.8 Å². The topological polar surface area (TPSA) is 91.8 Å². The van der Waals surface area contributed by atoms with E-state index in [1.54, 1.807) is 0 Å². The van der Waals surface area contributed by atoms with Crippen molar-refractivity contribution in [2.24, 2.45) is 0 Å². The van der Waals surface area contributed by atoms with Gasteiger partial charge in [-0.2, -0.15) is 0 Å². The molecule has 94 valence electrons. The highest BCUT2D eigenvalue weighted by molar-refractivity contribution is 7.99. The normalized spacial score (nSPS) is 10.7. The lowest BCUT2D eigenvalue weighted by Gasteiger charge is -1.95. The van der Waals surface area contributed by atoms with Gasteiger partial charge in [0.05, 0.1) is 6.20 Å². The van der Waals surface area contributed by atoms with Gasteiger partial charge in [0.25, 0.3) is 0 Å². The van der Waals surface area contributed by atoms with Crippen LogP contribution in [0.1, 0.15) is 10.6 Å². The van der Waals surface area contributed by atoms with Gasteiger partial charge in [0.1, 0.15) is 5.52 Å². The lowest BCUT2D eigenvalue weighted by atomic mass is 10.4. The molecule has 0 radical (unpaired) electrons. The first-order valence-corrected chi connectivity index (χ1v) is 6.23. The van der Waals surface area contributed by atoms with Crippen LogP contribution in [-0.2, 0) is 0 Å². The molecule has 0 unspecified atom stereocenters. The number of nitrogens with zero attached hydrogens (tertiary/aromatic N) is 3. The summed E-state index contributed by atoms with van der Waals surface area (Å²) in [5, 5.41) is 9.47. The van der Waals surface area contributed by atoms with Gasteiger partial charge in [-0.15, -0.1) is 0 Å².